The summed E-state index contributed by atoms with van der Waals surface area (Å²) >= 11 is 0. The van der Waals surface area contributed by atoms with E-state index in [1.807, 2.05) is 48.5 Å². The lowest BCUT2D eigenvalue weighted by atomic mass is 9.83. The molecule has 166 valence electrons. The van der Waals surface area contributed by atoms with Crippen molar-refractivity contribution in [2.75, 3.05) is 20.8 Å². The number of aliphatic imine (C=N–C) groups is 1. The Morgan fingerprint density at radius 3 is 2.34 bits per heavy atom. The van der Waals surface area contributed by atoms with Crippen LogP contribution in [0.4, 0.5) is 4.39 Å². The second-order valence-electron chi connectivity index (χ2n) is 6.84. The van der Waals surface area contributed by atoms with Crippen LogP contribution in [0.3, 0.4) is 0 Å². The van der Waals surface area contributed by atoms with Crippen molar-refractivity contribution in [2.45, 2.75) is 5.54 Å². The second-order valence-corrected chi connectivity index (χ2v) is 6.84. The zero-order valence-electron chi connectivity index (χ0n) is 17.6. The van der Waals surface area contributed by atoms with Crippen LogP contribution < -0.4 is 15.2 Å². The number of hydrogen-bond donors (Lipinski definition) is 2. The molecule has 3 aromatic rings. The third-order valence-corrected chi connectivity index (χ3v) is 5.13. The van der Waals surface area contributed by atoms with Crippen molar-refractivity contribution in [3.8, 4) is 22.6 Å². The molecule has 0 aromatic heterocycles. The molecule has 7 nitrogen and oxygen atoms in total. The average Bonchev–Trinajstić information content (AvgIpc) is 3.23. The molecular weight excluding hydrogens is 415 g/mol. The molecule has 0 aliphatic carbocycles. The van der Waals surface area contributed by atoms with Crippen molar-refractivity contribution in [3.05, 3.63) is 83.7 Å². The Hall–Kier alpha value is -4.07. The summed E-state index contributed by atoms with van der Waals surface area (Å²) in [6.45, 7) is 0.00914. The molecule has 0 saturated carbocycles. The molecule has 8 heteroatoms. The molecule has 0 radical (unpaired) electrons. The van der Waals surface area contributed by atoms with Gasteiger partial charge in [-0.2, -0.15) is 0 Å². The van der Waals surface area contributed by atoms with Crippen molar-refractivity contribution in [1.82, 2.24) is 0 Å². The summed E-state index contributed by atoms with van der Waals surface area (Å²) in [5.41, 5.74) is 7.98. The van der Waals surface area contributed by atoms with E-state index in [1.54, 1.807) is 25.3 Å². The fourth-order valence-corrected chi connectivity index (χ4v) is 3.60. The van der Waals surface area contributed by atoms with Crippen LogP contribution in [0.25, 0.3) is 11.1 Å². The van der Waals surface area contributed by atoms with Crippen molar-refractivity contribution in [3.63, 3.8) is 0 Å². The molecule has 1 atom stereocenters. The molecule has 0 spiro atoms. The monoisotopic (exact) mass is 438 g/mol. The van der Waals surface area contributed by atoms with Gasteiger partial charge in [0.25, 0.3) is 12.5 Å². The molecular formula is C24H23FN2O5. The number of carbonyl (C=O) groups is 1. The van der Waals surface area contributed by atoms with Crippen LogP contribution in [0.2, 0.25) is 0 Å². The van der Waals surface area contributed by atoms with Gasteiger partial charge in [-0.15, -0.1) is 0 Å². The first kappa shape index (κ1) is 22.6. The number of halogens is 1. The topological polar surface area (TPSA) is 103 Å². The van der Waals surface area contributed by atoms with Crippen LogP contribution in [-0.4, -0.2) is 38.4 Å². The van der Waals surface area contributed by atoms with E-state index in [2.05, 4.69) is 4.99 Å². The Morgan fingerprint density at radius 2 is 1.75 bits per heavy atom. The van der Waals surface area contributed by atoms with Gasteiger partial charge in [-0.1, -0.05) is 42.5 Å². The summed E-state index contributed by atoms with van der Waals surface area (Å²) < 4.78 is 30.7. The van der Waals surface area contributed by atoms with Crippen LogP contribution in [-0.2, 0) is 15.1 Å². The molecule has 32 heavy (non-hydrogen) atoms. The Labute approximate surface area is 184 Å². The molecule has 3 N–H and O–H groups in total. The highest BCUT2D eigenvalue weighted by Gasteiger charge is 2.40. The summed E-state index contributed by atoms with van der Waals surface area (Å²) in [7, 11) is 3.07. The van der Waals surface area contributed by atoms with Gasteiger partial charge in [0.1, 0.15) is 12.4 Å². The van der Waals surface area contributed by atoms with Gasteiger partial charge < -0.3 is 25.1 Å². The van der Waals surface area contributed by atoms with Crippen molar-refractivity contribution >= 4 is 12.5 Å². The minimum Gasteiger partial charge on any atom is -0.497 e. The minimum absolute atomic E-state index is 0.124. The van der Waals surface area contributed by atoms with Crippen LogP contribution >= 0.6 is 0 Å². The molecule has 3 aromatic carbocycles. The van der Waals surface area contributed by atoms with E-state index < -0.39 is 11.4 Å². The van der Waals surface area contributed by atoms with E-state index in [0.29, 0.717) is 11.1 Å². The van der Waals surface area contributed by atoms with Gasteiger partial charge >= 0.3 is 0 Å². The maximum Gasteiger partial charge on any atom is 0.290 e. The summed E-state index contributed by atoms with van der Waals surface area (Å²) in [6.07, 6.45) is 0. The average molecular weight is 438 g/mol. The third-order valence-electron chi connectivity index (χ3n) is 5.13. The maximum atomic E-state index is 14.8. The second kappa shape index (κ2) is 9.82. The van der Waals surface area contributed by atoms with Gasteiger partial charge in [-0.25, -0.2) is 9.38 Å². The van der Waals surface area contributed by atoms with Gasteiger partial charge in [0.2, 0.25) is 0 Å². The Bertz CT molecular complexity index is 1120. The van der Waals surface area contributed by atoms with Gasteiger partial charge in [0.05, 0.1) is 14.2 Å². The third kappa shape index (κ3) is 4.34. The number of ether oxygens (including phenoxy) is 3. The normalized spacial score (nSPS) is 16.8. The number of nitrogens with two attached hydrogens (primary N) is 1. The lowest BCUT2D eigenvalue weighted by Gasteiger charge is -2.26. The van der Waals surface area contributed by atoms with Gasteiger partial charge in [-0.05, 0) is 41.0 Å². The van der Waals surface area contributed by atoms with Crippen LogP contribution in [0.15, 0.2) is 71.7 Å². The molecule has 0 bridgehead atoms. The highest BCUT2D eigenvalue weighted by molar-refractivity contribution is 5.76. The highest BCUT2D eigenvalue weighted by Crippen LogP contribution is 2.40. The van der Waals surface area contributed by atoms with Crippen molar-refractivity contribution in [1.29, 1.82) is 0 Å². The Kier molecular flexibility index (Phi) is 6.94. The number of carboxylic acid groups (broad SMARTS) is 1. The fraction of sp³-hybridized carbons (Fsp3) is 0.167. The van der Waals surface area contributed by atoms with Crippen molar-refractivity contribution in [2.24, 2.45) is 10.7 Å². The predicted molar refractivity (Wildman–Crippen MR) is 118 cm³/mol. The fourth-order valence-electron chi connectivity index (χ4n) is 3.60. The lowest BCUT2D eigenvalue weighted by molar-refractivity contribution is -0.122. The van der Waals surface area contributed by atoms with Crippen LogP contribution in [0.1, 0.15) is 11.1 Å². The van der Waals surface area contributed by atoms with Crippen LogP contribution in [0, 0.1) is 5.82 Å². The number of rotatable bonds is 5. The predicted octanol–water partition coefficient (Wildman–Crippen LogP) is 3.80. The first-order valence-electron chi connectivity index (χ1n) is 9.63. The largest absolute Gasteiger partial charge is 0.497 e. The number of hydrogen-bond acceptors (Lipinski definition) is 6. The maximum absolute atomic E-state index is 14.8. The van der Waals surface area contributed by atoms with E-state index in [9.17, 15) is 4.39 Å². The number of amidine groups is 1. The van der Waals surface area contributed by atoms with E-state index in [0.717, 1.165) is 16.9 Å². The Balaban J connectivity index is 0.000000913. The standard InChI is InChI=1S/C23H21FN2O3.CH2O2/c1-27-18-11-9-16(10-12-18)23(14-29-22(25)26-23)17-6-3-5-15(13-17)19-7-4-8-20(28-2)21(19)24;2-1-3/h3-13H,14H2,1-2H3,(H2,25,26);1H,(H,2,3). The SMILES string of the molecule is COc1ccc(C2(c3cccc(-c4cccc(OC)c4F)c3)COC(N)=N2)cc1.O=CO. The van der Waals surface area contributed by atoms with E-state index in [1.165, 1.54) is 7.11 Å². The van der Waals surface area contributed by atoms with Gasteiger partial charge in [0, 0.05) is 5.56 Å². The molecule has 0 saturated heterocycles. The van der Waals surface area contributed by atoms with Crippen LogP contribution in [0.5, 0.6) is 11.5 Å². The highest BCUT2D eigenvalue weighted by atomic mass is 19.1. The molecule has 0 fully saturated rings. The first-order valence-corrected chi connectivity index (χ1v) is 9.63. The molecule has 1 aliphatic rings. The minimum atomic E-state index is -0.818. The molecule has 0 amide bonds. The lowest BCUT2D eigenvalue weighted by Crippen LogP contribution is -2.27. The summed E-state index contributed by atoms with van der Waals surface area (Å²) in [5, 5.41) is 6.89. The zero-order valence-corrected chi connectivity index (χ0v) is 17.6. The smallest absolute Gasteiger partial charge is 0.290 e. The first-order chi connectivity index (χ1) is 15.5. The van der Waals surface area contributed by atoms with E-state index in [-0.39, 0.29) is 24.9 Å². The Morgan fingerprint density at radius 1 is 1.06 bits per heavy atom. The summed E-state index contributed by atoms with van der Waals surface area (Å²) in [5.74, 6) is 0.535. The molecule has 1 unspecified atom stereocenters. The summed E-state index contributed by atoms with van der Waals surface area (Å²) in [6, 6.07) is 20.4. The van der Waals surface area contributed by atoms with E-state index in [4.69, 9.17) is 29.8 Å². The number of methoxy groups -OCH3 is 2. The molecule has 1 aliphatic heterocycles. The van der Waals surface area contributed by atoms with Gasteiger partial charge in [-0.3, -0.25) is 4.79 Å². The number of nitrogens with zero attached hydrogens (tertiary/aromatic N) is 1. The molecule has 1 heterocycles. The van der Waals surface area contributed by atoms with E-state index >= 15 is 0 Å². The summed E-state index contributed by atoms with van der Waals surface area (Å²) in [4.78, 5) is 13.0. The van der Waals surface area contributed by atoms with Gasteiger partial charge in [0.15, 0.2) is 17.1 Å². The molecule has 4 rings (SSSR count). The zero-order chi connectivity index (χ0) is 23.1. The quantitative estimate of drug-likeness (QED) is 0.588. The number of benzene rings is 3. The van der Waals surface area contributed by atoms with Crippen molar-refractivity contribution < 1.29 is 28.5 Å².